The maximum atomic E-state index is 5.71. The largest absolute Gasteiger partial charge is 0.379 e. The van der Waals surface area contributed by atoms with E-state index in [0.29, 0.717) is 6.10 Å². The standard InChI is InChI=1S/C16H30N2O2/c1-2-9-18-10-7-15(16(18)6-1)17-8-4-11-19-13-14-5-3-12-20-14/h14-17H,1-13H2. The predicted octanol–water partition coefficient (Wildman–Crippen LogP) is 1.79. The Labute approximate surface area is 123 Å². The van der Waals surface area contributed by atoms with E-state index < -0.39 is 0 Å². The second kappa shape index (κ2) is 7.74. The number of piperidine rings is 1. The fourth-order valence-electron chi connectivity index (χ4n) is 3.94. The number of hydrogen-bond acceptors (Lipinski definition) is 4. The molecule has 4 nitrogen and oxygen atoms in total. The minimum atomic E-state index is 0.369. The molecule has 0 saturated carbocycles. The van der Waals surface area contributed by atoms with Crippen LogP contribution in [0.5, 0.6) is 0 Å². The van der Waals surface area contributed by atoms with Crippen molar-refractivity contribution in [2.75, 3.05) is 39.5 Å². The van der Waals surface area contributed by atoms with E-state index in [4.69, 9.17) is 9.47 Å². The molecule has 3 heterocycles. The number of fused-ring (bicyclic) bond motifs is 1. The first-order chi connectivity index (χ1) is 9.93. The van der Waals surface area contributed by atoms with Crippen LogP contribution in [0.25, 0.3) is 0 Å². The zero-order chi connectivity index (χ0) is 13.6. The van der Waals surface area contributed by atoms with Gasteiger partial charge in [0.15, 0.2) is 0 Å². The van der Waals surface area contributed by atoms with E-state index in [1.165, 1.54) is 51.6 Å². The summed E-state index contributed by atoms with van der Waals surface area (Å²) in [5, 5.41) is 3.76. The van der Waals surface area contributed by atoms with Crippen molar-refractivity contribution in [2.24, 2.45) is 0 Å². The molecule has 3 saturated heterocycles. The highest BCUT2D eigenvalue weighted by atomic mass is 16.5. The molecule has 0 bridgehead atoms. The highest BCUT2D eigenvalue weighted by molar-refractivity contribution is 4.93. The van der Waals surface area contributed by atoms with Crippen LogP contribution in [0.3, 0.4) is 0 Å². The summed E-state index contributed by atoms with van der Waals surface area (Å²) in [4.78, 5) is 2.69. The van der Waals surface area contributed by atoms with Crippen LogP contribution in [0, 0.1) is 0 Å². The summed E-state index contributed by atoms with van der Waals surface area (Å²) in [6, 6.07) is 1.55. The molecule has 0 aromatic carbocycles. The van der Waals surface area contributed by atoms with E-state index in [1.54, 1.807) is 0 Å². The van der Waals surface area contributed by atoms with Crippen molar-refractivity contribution in [2.45, 2.75) is 63.1 Å². The first-order valence-electron chi connectivity index (χ1n) is 8.60. The molecule has 3 atom stereocenters. The van der Waals surface area contributed by atoms with Crippen molar-refractivity contribution in [1.82, 2.24) is 10.2 Å². The van der Waals surface area contributed by atoms with Crippen molar-refractivity contribution in [3.63, 3.8) is 0 Å². The SMILES string of the molecule is C(CNC1CCN2CCCCC12)COCC1CCCO1. The number of nitrogens with one attached hydrogen (secondary N) is 1. The van der Waals surface area contributed by atoms with Crippen LogP contribution in [0.2, 0.25) is 0 Å². The molecule has 0 aromatic rings. The molecule has 4 heteroatoms. The minimum Gasteiger partial charge on any atom is -0.379 e. The van der Waals surface area contributed by atoms with Gasteiger partial charge in [0.2, 0.25) is 0 Å². The third-order valence-electron chi connectivity index (χ3n) is 5.06. The van der Waals surface area contributed by atoms with E-state index in [-0.39, 0.29) is 0 Å². The second-order valence-corrected chi connectivity index (χ2v) is 6.51. The summed E-state index contributed by atoms with van der Waals surface area (Å²) < 4.78 is 11.3. The molecule has 20 heavy (non-hydrogen) atoms. The molecular formula is C16H30N2O2. The monoisotopic (exact) mass is 282 g/mol. The third-order valence-corrected chi connectivity index (χ3v) is 5.06. The highest BCUT2D eigenvalue weighted by Crippen LogP contribution is 2.26. The molecule has 0 spiro atoms. The van der Waals surface area contributed by atoms with Crippen molar-refractivity contribution < 1.29 is 9.47 Å². The quantitative estimate of drug-likeness (QED) is 0.722. The molecule has 3 aliphatic heterocycles. The molecular weight excluding hydrogens is 252 g/mol. The van der Waals surface area contributed by atoms with Gasteiger partial charge in [0.05, 0.1) is 12.7 Å². The van der Waals surface area contributed by atoms with E-state index in [1.807, 2.05) is 0 Å². The lowest BCUT2D eigenvalue weighted by Crippen LogP contribution is -2.45. The Morgan fingerprint density at radius 3 is 3.00 bits per heavy atom. The summed E-state index contributed by atoms with van der Waals surface area (Å²) in [6.07, 6.45) is 9.43. The Hall–Kier alpha value is -0.160. The summed E-state index contributed by atoms with van der Waals surface area (Å²) in [5.74, 6) is 0. The fourth-order valence-corrected chi connectivity index (χ4v) is 3.94. The van der Waals surface area contributed by atoms with Crippen LogP contribution in [0.1, 0.15) is 44.9 Å². The molecule has 0 amide bonds. The molecule has 3 unspecified atom stereocenters. The number of rotatable bonds is 7. The van der Waals surface area contributed by atoms with Gasteiger partial charge in [-0.3, -0.25) is 4.90 Å². The topological polar surface area (TPSA) is 33.7 Å². The lowest BCUT2D eigenvalue weighted by molar-refractivity contribution is 0.0164. The Kier molecular flexibility index (Phi) is 5.71. The highest BCUT2D eigenvalue weighted by Gasteiger charge is 2.34. The Balaban J connectivity index is 1.23. The van der Waals surface area contributed by atoms with E-state index >= 15 is 0 Å². The first kappa shape index (κ1) is 14.8. The summed E-state index contributed by atoms with van der Waals surface area (Å²) in [5.41, 5.74) is 0. The van der Waals surface area contributed by atoms with Crippen molar-refractivity contribution in [3.05, 3.63) is 0 Å². The second-order valence-electron chi connectivity index (χ2n) is 6.51. The molecule has 3 aliphatic rings. The Bertz CT molecular complexity index is 282. The van der Waals surface area contributed by atoms with Crippen molar-refractivity contribution in [3.8, 4) is 0 Å². The minimum absolute atomic E-state index is 0.369. The maximum absolute atomic E-state index is 5.71. The maximum Gasteiger partial charge on any atom is 0.0809 e. The van der Waals surface area contributed by atoms with Crippen LogP contribution >= 0.6 is 0 Å². The van der Waals surface area contributed by atoms with Crippen LogP contribution in [-0.2, 0) is 9.47 Å². The average molecular weight is 282 g/mol. The van der Waals surface area contributed by atoms with Gasteiger partial charge in [-0.05, 0) is 51.6 Å². The van der Waals surface area contributed by atoms with Gasteiger partial charge in [-0.25, -0.2) is 0 Å². The molecule has 0 aliphatic carbocycles. The number of nitrogens with zero attached hydrogens (tertiary/aromatic N) is 1. The van der Waals surface area contributed by atoms with Crippen LogP contribution in [-0.4, -0.2) is 62.5 Å². The summed E-state index contributed by atoms with van der Waals surface area (Å²) >= 11 is 0. The van der Waals surface area contributed by atoms with Gasteiger partial charge >= 0.3 is 0 Å². The van der Waals surface area contributed by atoms with Crippen LogP contribution < -0.4 is 5.32 Å². The van der Waals surface area contributed by atoms with Gasteiger partial charge in [0, 0.05) is 31.8 Å². The molecule has 116 valence electrons. The molecule has 3 rings (SSSR count). The van der Waals surface area contributed by atoms with Crippen LogP contribution in [0.4, 0.5) is 0 Å². The van der Waals surface area contributed by atoms with Gasteiger partial charge in [-0.15, -0.1) is 0 Å². The van der Waals surface area contributed by atoms with Gasteiger partial charge < -0.3 is 14.8 Å². The first-order valence-corrected chi connectivity index (χ1v) is 8.60. The Morgan fingerprint density at radius 2 is 2.10 bits per heavy atom. The fraction of sp³-hybridized carbons (Fsp3) is 1.00. The Morgan fingerprint density at radius 1 is 1.10 bits per heavy atom. The number of ether oxygens (including phenoxy) is 2. The van der Waals surface area contributed by atoms with Gasteiger partial charge in [-0.1, -0.05) is 6.42 Å². The zero-order valence-corrected chi connectivity index (χ0v) is 12.7. The van der Waals surface area contributed by atoms with Gasteiger partial charge in [0.25, 0.3) is 0 Å². The predicted molar refractivity (Wildman–Crippen MR) is 80.0 cm³/mol. The lowest BCUT2D eigenvalue weighted by Gasteiger charge is -2.32. The summed E-state index contributed by atoms with van der Waals surface area (Å²) in [6.45, 7) is 6.31. The molecule has 1 N–H and O–H groups in total. The lowest BCUT2D eigenvalue weighted by atomic mass is 9.99. The van der Waals surface area contributed by atoms with E-state index in [2.05, 4.69) is 10.2 Å². The van der Waals surface area contributed by atoms with Gasteiger partial charge in [-0.2, -0.15) is 0 Å². The van der Waals surface area contributed by atoms with E-state index in [0.717, 1.165) is 44.9 Å². The molecule has 3 fully saturated rings. The van der Waals surface area contributed by atoms with Crippen LogP contribution in [0.15, 0.2) is 0 Å². The number of hydrogen-bond donors (Lipinski definition) is 1. The molecule has 0 radical (unpaired) electrons. The van der Waals surface area contributed by atoms with Crippen molar-refractivity contribution >= 4 is 0 Å². The average Bonchev–Trinajstić information content (AvgIpc) is 3.12. The van der Waals surface area contributed by atoms with Gasteiger partial charge in [0.1, 0.15) is 0 Å². The molecule has 0 aromatic heterocycles. The van der Waals surface area contributed by atoms with E-state index in [9.17, 15) is 0 Å². The normalized spacial score (nSPS) is 34.5. The van der Waals surface area contributed by atoms with Crippen molar-refractivity contribution in [1.29, 1.82) is 0 Å². The third kappa shape index (κ3) is 3.94. The summed E-state index contributed by atoms with van der Waals surface area (Å²) in [7, 11) is 0. The smallest absolute Gasteiger partial charge is 0.0809 e. The zero-order valence-electron chi connectivity index (χ0n) is 12.7.